The fourth-order valence-electron chi connectivity index (χ4n) is 3.33. The molecular weight excluding hydrogens is 390 g/mol. The van der Waals surface area contributed by atoms with Crippen LogP contribution in [0.1, 0.15) is 35.7 Å². The molecule has 2 aromatic carbocycles. The maximum absolute atomic E-state index is 13.0. The Kier molecular flexibility index (Phi) is 6.34. The van der Waals surface area contributed by atoms with Crippen molar-refractivity contribution in [3.05, 3.63) is 59.7 Å². The molecule has 1 aliphatic rings. The van der Waals surface area contributed by atoms with E-state index in [1.54, 1.807) is 48.5 Å². The quantitative estimate of drug-likeness (QED) is 0.758. The number of anilines is 1. The van der Waals surface area contributed by atoms with Gasteiger partial charge in [0.05, 0.1) is 4.90 Å². The SMILES string of the molecule is CCNC(=O)c1ccc(NC(=O)[C@@H]2CCCN2S(=O)(=O)c2ccc(C)cc2)cc1. The zero-order chi connectivity index (χ0) is 21.0. The predicted molar refractivity (Wildman–Crippen MR) is 111 cm³/mol. The number of sulfonamides is 1. The molecule has 2 amide bonds. The Labute approximate surface area is 171 Å². The van der Waals surface area contributed by atoms with E-state index in [1.807, 2.05) is 13.8 Å². The van der Waals surface area contributed by atoms with Crippen LogP contribution in [0.3, 0.4) is 0 Å². The van der Waals surface area contributed by atoms with Crippen molar-refractivity contribution in [1.29, 1.82) is 0 Å². The summed E-state index contributed by atoms with van der Waals surface area (Å²) in [6.07, 6.45) is 1.09. The smallest absolute Gasteiger partial charge is 0.251 e. The Morgan fingerprint density at radius 2 is 1.72 bits per heavy atom. The molecular formula is C21H25N3O4S. The highest BCUT2D eigenvalue weighted by atomic mass is 32.2. The second kappa shape index (κ2) is 8.75. The zero-order valence-corrected chi connectivity index (χ0v) is 17.3. The summed E-state index contributed by atoms with van der Waals surface area (Å²) >= 11 is 0. The molecule has 2 N–H and O–H groups in total. The van der Waals surface area contributed by atoms with Crippen LogP contribution < -0.4 is 10.6 Å². The van der Waals surface area contributed by atoms with Crippen molar-refractivity contribution in [2.75, 3.05) is 18.4 Å². The number of aryl methyl sites for hydroxylation is 1. The number of carbonyl (C=O) groups excluding carboxylic acids is 2. The summed E-state index contributed by atoms with van der Waals surface area (Å²) in [5.41, 5.74) is 1.98. The van der Waals surface area contributed by atoms with E-state index in [1.165, 1.54) is 4.31 Å². The van der Waals surface area contributed by atoms with Crippen LogP contribution in [0.15, 0.2) is 53.4 Å². The second-order valence-electron chi connectivity index (χ2n) is 7.01. The van der Waals surface area contributed by atoms with Crippen molar-refractivity contribution in [2.24, 2.45) is 0 Å². The van der Waals surface area contributed by atoms with E-state index in [9.17, 15) is 18.0 Å². The molecule has 2 aromatic rings. The molecule has 7 nitrogen and oxygen atoms in total. The van der Waals surface area contributed by atoms with Crippen LogP contribution in [0.2, 0.25) is 0 Å². The monoisotopic (exact) mass is 415 g/mol. The van der Waals surface area contributed by atoms with Crippen LogP contribution in [0.4, 0.5) is 5.69 Å². The maximum Gasteiger partial charge on any atom is 0.251 e. The molecule has 0 bridgehead atoms. The Hall–Kier alpha value is -2.71. The normalized spacial score (nSPS) is 17.1. The molecule has 0 unspecified atom stereocenters. The highest BCUT2D eigenvalue weighted by Gasteiger charge is 2.39. The van der Waals surface area contributed by atoms with Gasteiger partial charge < -0.3 is 10.6 Å². The van der Waals surface area contributed by atoms with Gasteiger partial charge in [-0.1, -0.05) is 17.7 Å². The van der Waals surface area contributed by atoms with E-state index in [2.05, 4.69) is 10.6 Å². The first kappa shape index (κ1) is 21.0. The molecule has 8 heteroatoms. The lowest BCUT2D eigenvalue weighted by Gasteiger charge is -2.23. The van der Waals surface area contributed by atoms with Gasteiger partial charge in [-0.3, -0.25) is 9.59 Å². The highest BCUT2D eigenvalue weighted by Crippen LogP contribution is 2.27. The summed E-state index contributed by atoms with van der Waals surface area (Å²) in [5.74, 6) is -0.555. The fourth-order valence-corrected chi connectivity index (χ4v) is 4.99. The molecule has 0 aromatic heterocycles. The minimum atomic E-state index is -3.75. The van der Waals surface area contributed by atoms with Gasteiger partial charge >= 0.3 is 0 Å². The Morgan fingerprint density at radius 1 is 1.07 bits per heavy atom. The molecule has 0 radical (unpaired) electrons. The number of hydrogen-bond donors (Lipinski definition) is 2. The molecule has 29 heavy (non-hydrogen) atoms. The molecule has 0 saturated carbocycles. The van der Waals surface area contributed by atoms with Crippen molar-refractivity contribution >= 4 is 27.5 Å². The van der Waals surface area contributed by atoms with Gasteiger partial charge in [-0.25, -0.2) is 8.42 Å². The summed E-state index contributed by atoms with van der Waals surface area (Å²) in [5, 5.41) is 5.48. The van der Waals surface area contributed by atoms with E-state index in [-0.39, 0.29) is 16.7 Å². The van der Waals surface area contributed by atoms with Gasteiger partial charge in [-0.05, 0) is 63.1 Å². The Balaban J connectivity index is 1.73. The summed E-state index contributed by atoms with van der Waals surface area (Å²) in [4.78, 5) is 24.8. The lowest BCUT2D eigenvalue weighted by molar-refractivity contribution is -0.119. The maximum atomic E-state index is 13.0. The molecule has 0 aliphatic carbocycles. The van der Waals surface area contributed by atoms with Crippen molar-refractivity contribution in [1.82, 2.24) is 9.62 Å². The third kappa shape index (κ3) is 4.65. The Bertz CT molecular complexity index is 986. The van der Waals surface area contributed by atoms with Gasteiger partial charge in [-0.15, -0.1) is 0 Å². The number of hydrogen-bond acceptors (Lipinski definition) is 4. The van der Waals surface area contributed by atoms with Crippen LogP contribution in [-0.4, -0.2) is 43.7 Å². The number of benzene rings is 2. The number of carbonyl (C=O) groups is 2. The molecule has 1 aliphatic heterocycles. The average molecular weight is 416 g/mol. The van der Waals surface area contributed by atoms with Crippen LogP contribution in [0.5, 0.6) is 0 Å². The lowest BCUT2D eigenvalue weighted by Crippen LogP contribution is -2.43. The molecule has 3 rings (SSSR count). The fraction of sp³-hybridized carbons (Fsp3) is 0.333. The number of rotatable bonds is 6. The lowest BCUT2D eigenvalue weighted by atomic mass is 10.1. The van der Waals surface area contributed by atoms with Gasteiger partial charge in [0, 0.05) is 24.3 Å². The van der Waals surface area contributed by atoms with Crippen LogP contribution >= 0.6 is 0 Å². The van der Waals surface area contributed by atoms with Crippen molar-refractivity contribution in [3.63, 3.8) is 0 Å². The molecule has 1 heterocycles. The first-order valence-electron chi connectivity index (χ1n) is 9.60. The van der Waals surface area contributed by atoms with Gasteiger partial charge in [0.2, 0.25) is 15.9 Å². The topological polar surface area (TPSA) is 95.6 Å². The highest BCUT2D eigenvalue weighted by molar-refractivity contribution is 7.89. The van der Waals surface area contributed by atoms with Crippen molar-refractivity contribution in [3.8, 4) is 0 Å². The minimum Gasteiger partial charge on any atom is -0.352 e. The van der Waals surface area contributed by atoms with Gasteiger partial charge in [0.25, 0.3) is 5.91 Å². The van der Waals surface area contributed by atoms with Crippen molar-refractivity contribution in [2.45, 2.75) is 37.6 Å². The Morgan fingerprint density at radius 3 is 2.34 bits per heavy atom. The standard InChI is InChI=1S/C21H25N3O4S/c1-3-22-20(25)16-8-10-17(11-9-16)23-21(26)19-5-4-14-24(19)29(27,28)18-12-6-15(2)7-13-18/h6-13,19H,3-5,14H2,1-2H3,(H,22,25)(H,23,26)/t19-/m0/s1. The summed E-state index contributed by atoms with van der Waals surface area (Å²) in [7, 11) is -3.75. The largest absolute Gasteiger partial charge is 0.352 e. The molecule has 154 valence electrons. The van der Waals surface area contributed by atoms with E-state index in [4.69, 9.17) is 0 Å². The molecule has 1 atom stereocenters. The van der Waals surface area contributed by atoms with E-state index < -0.39 is 16.1 Å². The van der Waals surface area contributed by atoms with E-state index in [0.29, 0.717) is 37.2 Å². The third-order valence-electron chi connectivity index (χ3n) is 4.89. The zero-order valence-electron chi connectivity index (χ0n) is 16.5. The first-order valence-corrected chi connectivity index (χ1v) is 11.0. The second-order valence-corrected chi connectivity index (χ2v) is 8.90. The average Bonchev–Trinajstić information content (AvgIpc) is 3.20. The summed E-state index contributed by atoms with van der Waals surface area (Å²) in [6.45, 7) is 4.57. The van der Waals surface area contributed by atoms with Gasteiger partial charge in [0.15, 0.2) is 0 Å². The molecule has 1 fully saturated rings. The molecule has 0 spiro atoms. The number of nitrogens with zero attached hydrogens (tertiary/aromatic N) is 1. The van der Waals surface area contributed by atoms with Gasteiger partial charge in [0.1, 0.15) is 6.04 Å². The van der Waals surface area contributed by atoms with Crippen LogP contribution in [0.25, 0.3) is 0 Å². The van der Waals surface area contributed by atoms with Crippen LogP contribution in [0, 0.1) is 6.92 Å². The predicted octanol–water partition coefficient (Wildman–Crippen LogP) is 2.54. The van der Waals surface area contributed by atoms with Crippen molar-refractivity contribution < 1.29 is 18.0 Å². The number of nitrogens with one attached hydrogen (secondary N) is 2. The van der Waals surface area contributed by atoms with Crippen LogP contribution in [-0.2, 0) is 14.8 Å². The summed E-state index contributed by atoms with van der Waals surface area (Å²) < 4.78 is 27.3. The third-order valence-corrected chi connectivity index (χ3v) is 6.81. The summed E-state index contributed by atoms with van der Waals surface area (Å²) in [6, 6.07) is 12.4. The van der Waals surface area contributed by atoms with E-state index >= 15 is 0 Å². The number of amides is 2. The van der Waals surface area contributed by atoms with Gasteiger partial charge in [-0.2, -0.15) is 4.31 Å². The first-order chi connectivity index (χ1) is 13.8. The minimum absolute atomic E-state index is 0.184. The molecule has 1 saturated heterocycles. The van der Waals surface area contributed by atoms with E-state index in [0.717, 1.165) is 5.56 Å².